The van der Waals surface area contributed by atoms with Crippen LogP contribution in [0.5, 0.6) is 11.5 Å². The molecule has 1 amide bonds. The van der Waals surface area contributed by atoms with Gasteiger partial charge in [-0.2, -0.15) is 5.26 Å². The highest BCUT2D eigenvalue weighted by Crippen LogP contribution is 2.36. The van der Waals surface area contributed by atoms with Crippen molar-refractivity contribution in [1.82, 2.24) is 0 Å². The fraction of sp³-hybridized carbons (Fsp3) is 0.158. The summed E-state index contributed by atoms with van der Waals surface area (Å²) >= 11 is 3.36. The third-order valence-corrected chi connectivity index (χ3v) is 4.39. The number of rotatable bonds is 6. The Morgan fingerprint density at radius 1 is 1.29 bits per heavy atom. The van der Waals surface area contributed by atoms with Crippen molar-refractivity contribution in [2.75, 3.05) is 19.5 Å². The average molecular weight is 446 g/mol. The number of nitrogens with one attached hydrogen (secondary N) is 1. The van der Waals surface area contributed by atoms with E-state index in [1.54, 1.807) is 19.1 Å². The molecule has 0 aliphatic heterocycles. The summed E-state index contributed by atoms with van der Waals surface area (Å²) in [4.78, 5) is 22.8. The molecule has 1 N–H and O–H groups in total. The van der Waals surface area contributed by atoms with Crippen LogP contribution in [0.25, 0.3) is 6.08 Å². The zero-order valence-electron chi connectivity index (χ0n) is 15.3. The number of amides is 1. The standard InChI is InChI=1S/C19H16BrN3O5/c1-11-6-14(23(25)26)4-5-16(11)22-19(24)13(10-21)7-12-8-15(20)18(28-3)17(9-12)27-2/h4-9H,1-3H3,(H,22,24)/b13-7+. The van der Waals surface area contributed by atoms with Crippen LogP contribution >= 0.6 is 15.9 Å². The number of carbonyl (C=O) groups excluding carboxylic acids is 1. The normalized spacial score (nSPS) is 10.8. The van der Waals surface area contributed by atoms with Crippen LogP contribution in [0, 0.1) is 28.4 Å². The fourth-order valence-corrected chi connectivity index (χ4v) is 3.05. The molecule has 0 aromatic heterocycles. The summed E-state index contributed by atoms with van der Waals surface area (Å²) in [5, 5.41) is 22.8. The van der Waals surface area contributed by atoms with Crippen LogP contribution in [-0.2, 0) is 4.79 Å². The molecular weight excluding hydrogens is 430 g/mol. The number of benzene rings is 2. The molecule has 0 aliphatic rings. The smallest absolute Gasteiger partial charge is 0.269 e. The van der Waals surface area contributed by atoms with E-state index in [2.05, 4.69) is 21.2 Å². The van der Waals surface area contributed by atoms with Crippen molar-refractivity contribution in [2.24, 2.45) is 0 Å². The van der Waals surface area contributed by atoms with Crippen LogP contribution in [0.15, 0.2) is 40.4 Å². The van der Waals surface area contributed by atoms with Crippen LogP contribution in [0.1, 0.15) is 11.1 Å². The Labute approximate surface area is 169 Å². The third-order valence-electron chi connectivity index (χ3n) is 3.80. The number of ether oxygens (including phenoxy) is 2. The number of methoxy groups -OCH3 is 2. The van der Waals surface area contributed by atoms with Gasteiger partial charge in [0.05, 0.1) is 23.6 Å². The predicted octanol–water partition coefficient (Wildman–Crippen LogP) is 4.23. The lowest BCUT2D eigenvalue weighted by Crippen LogP contribution is -2.14. The van der Waals surface area contributed by atoms with E-state index >= 15 is 0 Å². The van der Waals surface area contributed by atoms with Crippen molar-refractivity contribution in [3.05, 3.63) is 61.6 Å². The van der Waals surface area contributed by atoms with Gasteiger partial charge < -0.3 is 14.8 Å². The predicted molar refractivity (Wildman–Crippen MR) is 107 cm³/mol. The Bertz CT molecular complexity index is 1010. The second kappa shape index (κ2) is 9.01. The highest BCUT2D eigenvalue weighted by molar-refractivity contribution is 9.10. The number of anilines is 1. The van der Waals surface area contributed by atoms with E-state index in [9.17, 15) is 20.2 Å². The third kappa shape index (κ3) is 4.66. The molecule has 2 rings (SSSR count). The summed E-state index contributed by atoms with van der Waals surface area (Å²) < 4.78 is 11.1. The summed E-state index contributed by atoms with van der Waals surface area (Å²) in [6.45, 7) is 1.63. The first kappa shape index (κ1) is 20.9. The minimum absolute atomic E-state index is 0.0817. The number of nitro benzene ring substituents is 1. The zero-order valence-corrected chi connectivity index (χ0v) is 16.9. The van der Waals surface area contributed by atoms with Gasteiger partial charge in [-0.05, 0) is 58.3 Å². The molecule has 0 spiro atoms. The van der Waals surface area contributed by atoms with Gasteiger partial charge in [-0.15, -0.1) is 0 Å². The van der Waals surface area contributed by atoms with Gasteiger partial charge in [0, 0.05) is 17.8 Å². The lowest BCUT2D eigenvalue weighted by Gasteiger charge is -2.11. The van der Waals surface area contributed by atoms with Crippen LogP contribution in [0.4, 0.5) is 11.4 Å². The topological polar surface area (TPSA) is 114 Å². The first-order chi connectivity index (χ1) is 13.3. The van der Waals surface area contributed by atoms with Crippen LogP contribution < -0.4 is 14.8 Å². The number of halogens is 1. The summed E-state index contributed by atoms with van der Waals surface area (Å²) in [5.74, 6) is 0.293. The van der Waals surface area contributed by atoms with Gasteiger partial charge in [0.2, 0.25) is 0 Å². The molecule has 144 valence electrons. The number of aryl methyl sites for hydroxylation is 1. The summed E-state index contributed by atoms with van der Waals surface area (Å²) in [7, 11) is 2.98. The van der Waals surface area contributed by atoms with Gasteiger partial charge in [-0.1, -0.05) is 0 Å². The maximum Gasteiger partial charge on any atom is 0.269 e. The molecule has 2 aromatic carbocycles. The number of nitro groups is 1. The van der Waals surface area contributed by atoms with Crippen molar-refractivity contribution in [3.63, 3.8) is 0 Å². The van der Waals surface area contributed by atoms with Gasteiger partial charge >= 0.3 is 0 Å². The largest absolute Gasteiger partial charge is 0.493 e. The van der Waals surface area contributed by atoms with Crippen molar-refractivity contribution >= 4 is 39.3 Å². The first-order valence-corrected chi connectivity index (χ1v) is 8.69. The number of nitriles is 1. The van der Waals surface area contributed by atoms with Crippen LogP contribution in [0.3, 0.4) is 0 Å². The van der Waals surface area contributed by atoms with E-state index < -0.39 is 10.8 Å². The lowest BCUT2D eigenvalue weighted by molar-refractivity contribution is -0.384. The van der Waals surface area contributed by atoms with E-state index in [0.29, 0.717) is 32.8 Å². The zero-order chi connectivity index (χ0) is 20.8. The van der Waals surface area contributed by atoms with Crippen LogP contribution in [0.2, 0.25) is 0 Å². The van der Waals surface area contributed by atoms with Gasteiger partial charge in [0.25, 0.3) is 11.6 Å². The SMILES string of the molecule is COc1cc(/C=C(\C#N)C(=O)Nc2ccc([N+](=O)[O-])cc2C)cc(Br)c1OC. The molecule has 0 radical (unpaired) electrons. The average Bonchev–Trinajstić information content (AvgIpc) is 2.66. The molecule has 0 heterocycles. The van der Waals surface area contributed by atoms with Crippen molar-refractivity contribution in [1.29, 1.82) is 5.26 Å². The quantitative estimate of drug-likeness (QED) is 0.308. The molecule has 0 saturated heterocycles. The minimum atomic E-state index is -0.634. The second-order valence-corrected chi connectivity index (χ2v) is 6.47. The molecule has 0 saturated carbocycles. The Hall–Kier alpha value is -3.38. The van der Waals surface area contributed by atoms with Crippen molar-refractivity contribution in [3.8, 4) is 17.6 Å². The molecule has 28 heavy (non-hydrogen) atoms. The molecule has 2 aromatic rings. The van der Waals surface area contributed by atoms with E-state index in [4.69, 9.17) is 9.47 Å². The maximum atomic E-state index is 12.5. The monoisotopic (exact) mass is 445 g/mol. The Morgan fingerprint density at radius 3 is 2.54 bits per heavy atom. The molecule has 0 aliphatic carbocycles. The number of carbonyl (C=O) groups is 1. The molecule has 0 fully saturated rings. The Balaban J connectivity index is 2.33. The molecule has 9 heteroatoms. The maximum absolute atomic E-state index is 12.5. The highest BCUT2D eigenvalue weighted by Gasteiger charge is 2.15. The van der Waals surface area contributed by atoms with Gasteiger partial charge in [-0.25, -0.2) is 0 Å². The number of hydrogen-bond donors (Lipinski definition) is 1. The molecule has 8 nitrogen and oxygen atoms in total. The van der Waals surface area contributed by atoms with E-state index in [0.717, 1.165) is 0 Å². The Morgan fingerprint density at radius 2 is 2.00 bits per heavy atom. The molecule has 0 bridgehead atoms. The summed E-state index contributed by atoms with van der Waals surface area (Å²) in [5.41, 5.74) is 1.22. The minimum Gasteiger partial charge on any atom is -0.493 e. The number of hydrogen-bond acceptors (Lipinski definition) is 6. The van der Waals surface area contributed by atoms with Crippen molar-refractivity contribution in [2.45, 2.75) is 6.92 Å². The molecule has 0 atom stereocenters. The Kier molecular flexibility index (Phi) is 6.74. The fourth-order valence-electron chi connectivity index (χ4n) is 2.43. The van der Waals surface area contributed by atoms with E-state index in [-0.39, 0.29) is 11.3 Å². The van der Waals surface area contributed by atoms with E-state index in [1.165, 1.54) is 38.5 Å². The second-order valence-electron chi connectivity index (χ2n) is 5.62. The van der Waals surface area contributed by atoms with Gasteiger partial charge in [0.1, 0.15) is 11.6 Å². The van der Waals surface area contributed by atoms with Crippen LogP contribution in [-0.4, -0.2) is 25.1 Å². The summed E-state index contributed by atoms with van der Waals surface area (Å²) in [6, 6.07) is 9.22. The number of nitrogens with zero attached hydrogens (tertiary/aromatic N) is 2. The molecular formula is C19H16BrN3O5. The van der Waals surface area contributed by atoms with Crippen molar-refractivity contribution < 1.29 is 19.2 Å². The van der Waals surface area contributed by atoms with Gasteiger partial charge in [-0.3, -0.25) is 14.9 Å². The lowest BCUT2D eigenvalue weighted by atomic mass is 10.1. The first-order valence-electron chi connectivity index (χ1n) is 7.90. The van der Waals surface area contributed by atoms with E-state index in [1.807, 2.05) is 6.07 Å². The van der Waals surface area contributed by atoms with Gasteiger partial charge in [0.15, 0.2) is 11.5 Å². The summed E-state index contributed by atoms with van der Waals surface area (Å²) in [6.07, 6.45) is 1.41. The number of non-ortho nitro benzene ring substituents is 1. The highest BCUT2D eigenvalue weighted by atomic mass is 79.9. The molecule has 0 unspecified atom stereocenters.